The zero-order valence-corrected chi connectivity index (χ0v) is 19.2. The highest BCUT2D eigenvalue weighted by Gasteiger charge is 2.14. The number of carbonyl (C=O) groups is 1. The molecule has 0 atom stereocenters. The molecule has 10 heteroatoms. The van der Waals surface area contributed by atoms with Crippen LogP contribution in [-0.4, -0.2) is 33.6 Å². The van der Waals surface area contributed by atoms with Crippen LogP contribution in [0, 0.1) is 0 Å². The molecule has 0 radical (unpaired) electrons. The molecule has 3 N–H and O–H groups in total. The van der Waals surface area contributed by atoms with Crippen LogP contribution in [0.4, 0.5) is 5.69 Å². The first-order valence-electron chi connectivity index (χ1n) is 10.3. The zero-order chi connectivity index (χ0) is 23.8. The van der Waals surface area contributed by atoms with E-state index in [0.29, 0.717) is 39.7 Å². The summed E-state index contributed by atoms with van der Waals surface area (Å²) in [5.74, 6) is 8.90. The van der Waals surface area contributed by atoms with Gasteiger partial charge in [-0.15, -0.1) is 10.2 Å². The standard InChI is InChI=1S/C24H23N5O4S/c1-31-18-10-7-11-19(14-18)32-15-22-27-28-24(29(22)25)34-16-23(30)26-20-12-5-6-13-21(20)33-17-8-3-2-4-9-17/h2-14H,15-16,25H2,1H3,(H,26,30). The van der Waals surface area contributed by atoms with Gasteiger partial charge in [0, 0.05) is 6.07 Å². The number of thioether (sulfide) groups is 1. The number of amides is 1. The molecule has 9 nitrogen and oxygen atoms in total. The molecule has 0 aliphatic rings. The second kappa shape index (κ2) is 11.1. The van der Waals surface area contributed by atoms with Gasteiger partial charge in [0.05, 0.1) is 18.6 Å². The van der Waals surface area contributed by atoms with Gasteiger partial charge in [0.1, 0.15) is 23.9 Å². The summed E-state index contributed by atoms with van der Waals surface area (Å²) in [7, 11) is 1.59. The maximum atomic E-state index is 12.6. The van der Waals surface area contributed by atoms with Crippen molar-refractivity contribution in [2.75, 3.05) is 24.0 Å². The lowest BCUT2D eigenvalue weighted by Gasteiger charge is -2.12. The molecule has 0 saturated carbocycles. The Morgan fingerprint density at radius 2 is 1.71 bits per heavy atom. The number of carbonyl (C=O) groups excluding carboxylic acids is 1. The van der Waals surface area contributed by atoms with Gasteiger partial charge in [0.25, 0.3) is 0 Å². The number of nitrogens with two attached hydrogens (primary N) is 1. The molecule has 1 amide bonds. The van der Waals surface area contributed by atoms with E-state index < -0.39 is 0 Å². The summed E-state index contributed by atoms with van der Waals surface area (Å²) in [6.07, 6.45) is 0. The maximum Gasteiger partial charge on any atom is 0.234 e. The maximum absolute atomic E-state index is 12.6. The Hall–Kier alpha value is -4.18. The fraction of sp³-hybridized carbons (Fsp3) is 0.125. The smallest absolute Gasteiger partial charge is 0.234 e. The lowest BCUT2D eigenvalue weighted by molar-refractivity contribution is -0.113. The molecular weight excluding hydrogens is 454 g/mol. The van der Waals surface area contributed by atoms with Crippen LogP contribution in [-0.2, 0) is 11.4 Å². The molecule has 0 saturated heterocycles. The van der Waals surface area contributed by atoms with Gasteiger partial charge in [-0.2, -0.15) is 0 Å². The van der Waals surface area contributed by atoms with E-state index in [1.54, 1.807) is 31.4 Å². The van der Waals surface area contributed by atoms with Crippen molar-refractivity contribution in [2.24, 2.45) is 0 Å². The Labute approximate surface area is 200 Å². The fourth-order valence-electron chi connectivity index (χ4n) is 2.93. The quantitative estimate of drug-likeness (QED) is 0.259. The Bertz CT molecular complexity index is 1250. The molecule has 0 fully saturated rings. The number of nitrogen functional groups attached to an aromatic ring is 1. The molecule has 1 aromatic heterocycles. The Morgan fingerprint density at radius 3 is 2.53 bits per heavy atom. The number of rotatable bonds is 10. The van der Waals surface area contributed by atoms with Crippen LogP contribution in [0.5, 0.6) is 23.0 Å². The number of hydrogen-bond acceptors (Lipinski definition) is 8. The Kier molecular flexibility index (Phi) is 7.51. The first-order chi connectivity index (χ1) is 16.6. The highest BCUT2D eigenvalue weighted by molar-refractivity contribution is 7.99. The summed E-state index contributed by atoms with van der Waals surface area (Å²) in [6.45, 7) is 0.119. The van der Waals surface area contributed by atoms with Crippen LogP contribution in [0.1, 0.15) is 5.82 Å². The summed E-state index contributed by atoms with van der Waals surface area (Å²) in [5, 5.41) is 11.4. The van der Waals surface area contributed by atoms with E-state index in [1.807, 2.05) is 54.6 Å². The van der Waals surface area contributed by atoms with Gasteiger partial charge in [-0.05, 0) is 36.4 Å². The van der Waals surface area contributed by atoms with Gasteiger partial charge in [-0.1, -0.05) is 48.2 Å². The monoisotopic (exact) mass is 477 g/mol. The van der Waals surface area contributed by atoms with Crippen LogP contribution in [0.3, 0.4) is 0 Å². The molecule has 0 bridgehead atoms. The average Bonchev–Trinajstić information content (AvgIpc) is 3.22. The number of anilines is 1. The van der Waals surface area contributed by atoms with Crippen LogP contribution in [0.15, 0.2) is 84.0 Å². The molecule has 34 heavy (non-hydrogen) atoms. The molecule has 174 valence electrons. The van der Waals surface area contributed by atoms with Gasteiger partial charge in [0.2, 0.25) is 11.1 Å². The Morgan fingerprint density at radius 1 is 0.971 bits per heavy atom. The molecule has 0 aliphatic heterocycles. The number of para-hydroxylation sites is 3. The van der Waals surface area contributed by atoms with E-state index in [2.05, 4.69) is 15.5 Å². The molecule has 0 spiro atoms. The van der Waals surface area contributed by atoms with Crippen molar-refractivity contribution in [3.8, 4) is 23.0 Å². The molecule has 1 heterocycles. The summed E-state index contributed by atoms with van der Waals surface area (Å²) in [5.41, 5.74) is 0.568. The summed E-state index contributed by atoms with van der Waals surface area (Å²) in [6, 6.07) is 23.8. The molecule has 3 aromatic carbocycles. The number of nitrogens with zero attached hydrogens (tertiary/aromatic N) is 3. The number of hydrogen-bond donors (Lipinski definition) is 2. The van der Waals surface area contributed by atoms with E-state index in [4.69, 9.17) is 20.1 Å². The van der Waals surface area contributed by atoms with Gasteiger partial charge in [0.15, 0.2) is 11.6 Å². The average molecular weight is 478 g/mol. The van der Waals surface area contributed by atoms with Gasteiger partial charge in [-0.3, -0.25) is 4.79 Å². The predicted octanol–water partition coefficient (Wildman–Crippen LogP) is 4.10. The lowest BCUT2D eigenvalue weighted by atomic mass is 10.3. The number of benzene rings is 3. The minimum absolute atomic E-state index is 0.0890. The van der Waals surface area contributed by atoms with E-state index in [1.165, 1.54) is 16.4 Å². The van der Waals surface area contributed by atoms with Crippen LogP contribution >= 0.6 is 11.8 Å². The van der Waals surface area contributed by atoms with Gasteiger partial charge in [-0.25, -0.2) is 4.68 Å². The molecule has 4 rings (SSSR count). The van der Waals surface area contributed by atoms with Crippen molar-refractivity contribution in [1.29, 1.82) is 0 Å². The number of methoxy groups -OCH3 is 1. The lowest BCUT2D eigenvalue weighted by Crippen LogP contribution is -2.18. The van der Waals surface area contributed by atoms with Crippen molar-refractivity contribution in [1.82, 2.24) is 14.9 Å². The van der Waals surface area contributed by atoms with Gasteiger partial charge >= 0.3 is 0 Å². The van der Waals surface area contributed by atoms with Crippen molar-refractivity contribution in [3.05, 3.63) is 84.7 Å². The van der Waals surface area contributed by atoms with Crippen molar-refractivity contribution in [2.45, 2.75) is 11.8 Å². The second-order valence-corrected chi connectivity index (χ2v) is 7.93. The highest BCUT2D eigenvalue weighted by atomic mass is 32.2. The van der Waals surface area contributed by atoms with Crippen LogP contribution in [0.2, 0.25) is 0 Å². The fourth-order valence-corrected chi connectivity index (χ4v) is 3.61. The molecule has 0 aliphatic carbocycles. The number of nitrogens with one attached hydrogen (secondary N) is 1. The van der Waals surface area contributed by atoms with E-state index in [-0.39, 0.29) is 18.3 Å². The SMILES string of the molecule is COc1cccc(OCc2nnc(SCC(=O)Nc3ccccc3Oc3ccccc3)n2N)c1. The third-order valence-electron chi connectivity index (χ3n) is 4.61. The third kappa shape index (κ3) is 5.99. The van der Waals surface area contributed by atoms with E-state index in [9.17, 15) is 4.79 Å². The largest absolute Gasteiger partial charge is 0.497 e. The van der Waals surface area contributed by atoms with Crippen molar-refractivity contribution < 1.29 is 19.0 Å². The van der Waals surface area contributed by atoms with Crippen molar-refractivity contribution >= 4 is 23.4 Å². The predicted molar refractivity (Wildman–Crippen MR) is 130 cm³/mol. The first-order valence-corrected chi connectivity index (χ1v) is 11.3. The van der Waals surface area contributed by atoms with Crippen LogP contribution in [0.25, 0.3) is 0 Å². The normalized spacial score (nSPS) is 10.5. The number of aromatic nitrogens is 3. The first kappa shape index (κ1) is 23.0. The molecular formula is C24H23N5O4S. The number of ether oxygens (including phenoxy) is 3. The zero-order valence-electron chi connectivity index (χ0n) is 18.4. The summed E-state index contributed by atoms with van der Waals surface area (Å²) >= 11 is 1.17. The molecule has 4 aromatic rings. The minimum Gasteiger partial charge on any atom is -0.497 e. The van der Waals surface area contributed by atoms with Crippen molar-refractivity contribution in [3.63, 3.8) is 0 Å². The highest BCUT2D eigenvalue weighted by Crippen LogP contribution is 2.29. The second-order valence-electron chi connectivity index (χ2n) is 6.98. The minimum atomic E-state index is -0.230. The summed E-state index contributed by atoms with van der Waals surface area (Å²) < 4.78 is 18.1. The van der Waals surface area contributed by atoms with Crippen LogP contribution < -0.4 is 25.4 Å². The molecule has 0 unspecified atom stereocenters. The summed E-state index contributed by atoms with van der Waals surface area (Å²) in [4.78, 5) is 12.6. The topological polar surface area (TPSA) is 114 Å². The van der Waals surface area contributed by atoms with Gasteiger partial charge < -0.3 is 25.4 Å². The Balaban J connectivity index is 1.32. The van der Waals surface area contributed by atoms with E-state index in [0.717, 1.165) is 0 Å². The van der Waals surface area contributed by atoms with E-state index >= 15 is 0 Å². The third-order valence-corrected chi connectivity index (χ3v) is 5.55.